The van der Waals surface area contributed by atoms with E-state index in [0.29, 0.717) is 12.3 Å². The molecule has 2 aromatic rings. The molecule has 0 radical (unpaired) electrons. The molecule has 2 aliphatic rings. The first-order valence-corrected chi connectivity index (χ1v) is 9.94. The SMILES string of the molecule is COc1ccc2scc(CC(=O)N3CC[C@@H]4CCCC[C@@H]4C3)c2c1. The number of carbonyl (C=O) groups is 1. The number of thiophene rings is 1. The lowest BCUT2D eigenvalue weighted by Gasteiger charge is -2.41. The molecule has 2 fully saturated rings. The first kappa shape index (κ1) is 15.9. The van der Waals surface area contributed by atoms with Crippen molar-refractivity contribution < 1.29 is 9.53 Å². The first-order chi connectivity index (χ1) is 11.7. The highest BCUT2D eigenvalue weighted by Crippen LogP contribution is 2.36. The Kier molecular flexibility index (Phi) is 4.49. The van der Waals surface area contributed by atoms with Crippen LogP contribution in [-0.4, -0.2) is 31.0 Å². The highest BCUT2D eigenvalue weighted by Gasteiger charge is 2.32. The topological polar surface area (TPSA) is 29.5 Å². The van der Waals surface area contributed by atoms with Gasteiger partial charge in [0, 0.05) is 17.8 Å². The summed E-state index contributed by atoms with van der Waals surface area (Å²) >= 11 is 1.71. The molecule has 24 heavy (non-hydrogen) atoms. The summed E-state index contributed by atoms with van der Waals surface area (Å²) in [5.74, 6) is 2.77. The van der Waals surface area contributed by atoms with E-state index in [2.05, 4.69) is 22.4 Å². The Hall–Kier alpha value is -1.55. The van der Waals surface area contributed by atoms with Crippen LogP contribution in [0.5, 0.6) is 5.75 Å². The van der Waals surface area contributed by atoms with E-state index in [-0.39, 0.29) is 0 Å². The Morgan fingerprint density at radius 3 is 2.92 bits per heavy atom. The molecular weight excluding hydrogens is 318 g/mol. The third-order valence-electron chi connectivity index (χ3n) is 5.85. The highest BCUT2D eigenvalue weighted by molar-refractivity contribution is 7.17. The second kappa shape index (κ2) is 6.75. The van der Waals surface area contributed by atoms with Crippen LogP contribution in [0.1, 0.15) is 37.7 Å². The predicted molar refractivity (Wildman–Crippen MR) is 98.7 cm³/mol. The average molecular weight is 343 g/mol. The number of fused-ring (bicyclic) bond motifs is 2. The van der Waals surface area contributed by atoms with Gasteiger partial charge in [0.25, 0.3) is 0 Å². The van der Waals surface area contributed by atoms with Gasteiger partial charge in [0.1, 0.15) is 5.75 Å². The van der Waals surface area contributed by atoms with Crippen molar-refractivity contribution in [2.75, 3.05) is 20.2 Å². The minimum atomic E-state index is 0.293. The Bertz CT molecular complexity index is 738. The zero-order chi connectivity index (χ0) is 16.5. The Morgan fingerprint density at radius 1 is 1.25 bits per heavy atom. The summed E-state index contributed by atoms with van der Waals surface area (Å²) in [7, 11) is 1.69. The van der Waals surface area contributed by atoms with Crippen LogP contribution in [0.4, 0.5) is 0 Å². The molecule has 1 saturated carbocycles. The fourth-order valence-corrected chi connectivity index (χ4v) is 5.37. The molecule has 128 valence electrons. The van der Waals surface area contributed by atoms with Crippen LogP contribution >= 0.6 is 11.3 Å². The molecule has 1 aromatic heterocycles. The summed E-state index contributed by atoms with van der Waals surface area (Å²) in [6, 6.07) is 6.13. The predicted octanol–water partition coefficient (Wildman–Crippen LogP) is 4.49. The molecule has 1 amide bonds. The van der Waals surface area contributed by atoms with Gasteiger partial charge in [-0.05, 0) is 59.2 Å². The van der Waals surface area contributed by atoms with E-state index in [1.807, 2.05) is 6.07 Å². The zero-order valence-corrected chi connectivity index (χ0v) is 15.1. The maximum absolute atomic E-state index is 12.8. The molecule has 3 nitrogen and oxygen atoms in total. The summed E-state index contributed by atoms with van der Waals surface area (Å²) in [4.78, 5) is 15.0. The van der Waals surface area contributed by atoms with E-state index in [4.69, 9.17) is 4.74 Å². The van der Waals surface area contributed by atoms with Crippen molar-refractivity contribution in [2.24, 2.45) is 11.8 Å². The molecule has 4 rings (SSSR count). The molecule has 1 aromatic carbocycles. The van der Waals surface area contributed by atoms with E-state index >= 15 is 0 Å². The molecule has 1 saturated heterocycles. The second-order valence-corrected chi connectivity index (χ2v) is 8.14. The monoisotopic (exact) mass is 343 g/mol. The smallest absolute Gasteiger partial charge is 0.227 e. The fourth-order valence-electron chi connectivity index (χ4n) is 4.43. The van der Waals surface area contributed by atoms with Gasteiger partial charge in [-0.1, -0.05) is 19.3 Å². The zero-order valence-electron chi connectivity index (χ0n) is 14.3. The second-order valence-electron chi connectivity index (χ2n) is 7.23. The van der Waals surface area contributed by atoms with Gasteiger partial charge in [-0.2, -0.15) is 0 Å². The van der Waals surface area contributed by atoms with Gasteiger partial charge in [0.2, 0.25) is 5.91 Å². The number of likely N-dealkylation sites (tertiary alicyclic amines) is 1. The third kappa shape index (κ3) is 3.04. The number of hydrogen-bond donors (Lipinski definition) is 0. The summed E-state index contributed by atoms with van der Waals surface area (Å²) in [6.07, 6.45) is 7.14. The third-order valence-corrected chi connectivity index (χ3v) is 6.86. The van der Waals surface area contributed by atoms with Crippen molar-refractivity contribution in [2.45, 2.75) is 38.5 Å². The number of hydrogen-bond acceptors (Lipinski definition) is 3. The lowest BCUT2D eigenvalue weighted by Crippen LogP contribution is -2.45. The Morgan fingerprint density at radius 2 is 2.08 bits per heavy atom. The van der Waals surface area contributed by atoms with Gasteiger partial charge in [-0.25, -0.2) is 0 Å². The molecular formula is C20H25NO2S. The minimum absolute atomic E-state index is 0.293. The number of methoxy groups -OCH3 is 1. The summed E-state index contributed by atoms with van der Waals surface area (Å²) in [5.41, 5.74) is 1.14. The molecule has 2 heterocycles. The van der Waals surface area contributed by atoms with Crippen molar-refractivity contribution >= 4 is 27.3 Å². The first-order valence-electron chi connectivity index (χ1n) is 9.06. The molecule has 0 bridgehead atoms. The Labute approximate surface area is 147 Å². The number of piperidine rings is 1. The maximum atomic E-state index is 12.8. The molecule has 0 spiro atoms. The largest absolute Gasteiger partial charge is 0.497 e. The number of nitrogens with zero attached hydrogens (tertiary/aromatic N) is 1. The van der Waals surface area contributed by atoms with Crippen molar-refractivity contribution in [3.8, 4) is 5.75 Å². The molecule has 1 aliphatic heterocycles. The average Bonchev–Trinajstić information content (AvgIpc) is 3.03. The molecule has 0 N–H and O–H groups in total. The number of amides is 1. The molecule has 4 heteroatoms. The van der Waals surface area contributed by atoms with Gasteiger partial charge in [-0.15, -0.1) is 11.3 Å². The van der Waals surface area contributed by atoms with Crippen LogP contribution < -0.4 is 4.74 Å². The number of rotatable bonds is 3. The number of carbonyl (C=O) groups excluding carboxylic acids is 1. The molecule has 0 unspecified atom stereocenters. The Balaban J connectivity index is 1.48. The van der Waals surface area contributed by atoms with Crippen molar-refractivity contribution in [3.63, 3.8) is 0 Å². The van der Waals surface area contributed by atoms with Gasteiger partial charge in [-0.3, -0.25) is 4.79 Å². The quantitative estimate of drug-likeness (QED) is 0.822. The maximum Gasteiger partial charge on any atom is 0.227 e. The van der Waals surface area contributed by atoms with Gasteiger partial charge >= 0.3 is 0 Å². The molecule has 1 aliphatic carbocycles. The van der Waals surface area contributed by atoms with Crippen molar-refractivity contribution in [3.05, 3.63) is 29.1 Å². The molecule has 2 atom stereocenters. The van der Waals surface area contributed by atoms with Crippen LogP contribution in [-0.2, 0) is 11.2 Å². The fraction of sp³-hybridized carbons (Fsp3) is 0.550. The van der Waals surface area contributed by atoms with Crippen molar-refractivity contribution in [1.29, 1.82) is 0 Å². The minimum Gasteiger partial charge on any atom is -0.497 e. The lowest BCUT2D eigenvalue weighted by molar-refractivity contribution is -0.133. The summed E-state index contributed by atoms with van der Waals surface area (Å²) in [5, 5.41) is 3.30. The van der Waals surface area contributed by atoms with Crippen molar-refractivity contribution in [1.82, 2.24) is 4.90 Å². The van der Waals surface area contributed by atoms with Crippen LogP contribution in [0, 0.1) is 11.8 Å². The van der Waals surface area contributed by atoms with Gasteiger partial charge in [0.15, 0.2) is 0 Å². The van der Waals surface area contributed by atoms with E-state index in [0.717, 1.165) is 36.2 Å². The number of ether oxygens (including phenoxy) is 1. The normalized spacial score (nSPS) is 24.0. The van der Waals surface area contributed by atoms with E-state index in [1.54, 1.807) is 18.4 Å². The van der Waals surface area contributed by atoms with Crippen LogP contribution in [0.3, 0.4) is 0 Å². The van der Waals surface area contributed by atoms with Crippen LogP contribution in [0.2, 0.25) is 0 Å². The van der Waals surface area contributed by atoms with E-state index in [9.17, 15) is 4.79 Å². The van der Waals surface area contributed by atoms with Crippen LogP contribution in [0.15, 0.2) is 23.6 Å². The van der Waals surface area contributed by atoms with E-state index in [1.165, 1.54) is 42.2 Å². The van der Waals surface area contributed by atoms with Gasteiger partial charge in [0.05, 0.1) is 13.5 Å². The standard InChI is InChI=1S/C20H25NO2S/c1-23-17-6-7-19-18(11-17)16(13-24-19)10-20(22)21-9-8-14-4-2-3-5-15(14)12-21/h6-7,11,13-15H,2-5,8-10,12H2,1H3/t14-,15+/m0/s1. The van der Waals surface area contributed by atoms with Crippen LogP contribution in [0.25, 0.3) is 10.1 Å². The lowest BCUT2D eigenvalue weighted by atomic mass is 9.75. The highest BCUT2D eigenvalue weighted by atomic mass is 32.1. The van der Waals surface area contributed by atoms with Gasteiger partial charge < -0.3 is 9.64 Å². The summed E-state index contributed by atoms with van der Waals surface area (Å²) < 4.78 is 6.56. The number of benzene rings is 1. The summed E-state index contributed by atoms with van der Waals surface area (Å²) in [6.45, 7) is 1.93. The van der Waals surface area contributed by atoms with E-state index < -0.39 is 0 Å².